The van der Waals surface area contributed by atoms with Crippen LogP contribution in [0, 0.1) is 0 Å². The molecule has 6 heteroatoms. The Hall–Kier alpha value is -3.93. The summed E-state index contributed by atoms with van der Waals surface area (Å²) in [5, 5.41) is 2.84. The van der Waals surface area contributed by atoms with Gasteiger partial charge in [-0.1, -0.05) is 48.5 Å². The van der Waals surface area contributed by atoms with E-state index in [1.165, 1.54) is 6.08 Å². The van der Waals surface area contributed by atoms with E-state index in [2.05, 4.69) is 15.2 Å². The molecule has 1 aliphatic rings. The molecule has 2 amide bonds. The molecule has 32 heavy (non-hydrogen) atoms. The number of aromatic nitrogens is 1. The third-order valence-corrected chi connectivity index (χ3v) is 5.37. The summed E-state index contributed by atoms with van der Waals surface area (Å²) in [5.74, 6) is 0.715. The van der Waals surface area contributed by atoms with Crippen LogP contribution in [0.25, 0.3) is 6.08 Å². The van der Waals surface area contributed by atoms with Crippen LogP contribution in [0.5, 0.6) is 0 Å². The Morgan fingerprint density at radius 1 is 0.844 bits per heavy atom. The van der Waals surface area contributed by atoms with E-state index in [0.29, 0.717) is 12.2 Å². The van der Waals surface area contributed by atoms with Crippen molar-refractivity contribution in [2.24, 2.45) is 0 Å². The van der Waals surface area contributed by atoms with Gasteiger partial charge in [0.05, 0.1) is 11.9 Å². The van der Waals surface area contributed by atoms with Crippen LogP contribution in [0.15, 0.2) is 85.1 Å². The normalized spacial score (nSPS) is 14.2. The summed E-state index contributed by atoms with van der Waals surface area (Å²) in [6.45, 7) is 2.93. The molecule has 1 aromatic heterocycles. The third-order valence-electron chi connectivity index (χ3n) is 5.37. The van der Waals surface area contributed by atoms with Crippen molar-refractivity contribution in [1.82, 2.24) is 9.88 Å². The molecule has 0 spiro atoms. The van der Waals surface area contributed by atoms with Gasteiger partial charge >= 0.3 is 0 Å². The number of hydrogen-bond donors (Lipinski definition) is 1. The maximum atomic E-state index is 12.7. The molecule has 0 unspecified atom stereocenters. The van der Waals surface area contributed by atoms with Crippen LogP contribution < -0.4 is 10.2 Å². The second kappa shape index (κ2) is 10.4. The first-order chi connectivity index (χ1) is 15.7. The Balaban J connectivity index is 1.32. The lowest BCUT2D eigenvalue weighted by molar-refractivity contribution is -0.111. The molecular formula is C26H26N4O2. The minimum Gasteiger partial charge on any atom is -0.355 e. The maximum Gasteiger partial charge on any atom is 0.253 e. The Morgan fingerprint density at radius 2 is 1.59 bits per heavy atom. The van der Waals surface area contributed by atoms with E-state index in [1.807, 2.05) is 77.7 Å². The molecule has 2 aromatic carbocycles. The predicted octanol–water partition coefficient (Wildman–Crippen LogP) is 4.09. The van der Waals surface area contributed by atoms with Gasteiger partial charge in [-0.15, -0.1) is 0 Å². The molecule has 1 fully saturated rings. The van der Waals surface area contributed by atoms with E-state index in [4.69, 9.17) is 0 Å². The van der Waals surface area contributed by atoms with Gasteiger partial charge in [0, 0.05) is 37.8 Å². The van der Waals surface area contributed by atoms with E-state index < -0.39 is 0 Å². The highest BCUT2D eigenvalue weighted by Gasteiger charge is 2.20. The van der Waals surface area contributed by atoms with Gasteiger partial charge in [0.1, 0.15) is 5.82 Å². The van der Waals surface area contributed by atoms with Crippen molar-refractivity contribution in [2.75, 3.05) is 36.4 Å². The average Bonchev–Trinajstić information content (AvgIpc) is 3.10. The van der Waals surface area contributed by atoms with E-state index >= 15 is 0 Å². The van der Waals surface area contributed by atoms with Gasteiger partial charge in [-0.05, 0) is 42.3 Å². The summed E-state index contributed by atoms with van der Waals surface area (Å²) < 4.78 is 0. The van der Waals surface area contributed by atoms with Gasteiger partial charge in [0.15, 0.2) is 0 Å². The van der Waals surface area contributed by atoms with Gasteiger partial charge in [0.2, 0.25) is 5.91 Å². The molecule has 1 N–H and O–H groups in total. The van der Waals surface area contributed by atoms with Gasteiger partial charge in [-0.25, -0.2) is 4.98 Å². The van der Waals surface area contributed by atoms with Gasteiger partial charge in [-0.3, -0.25) is 9.59 Å². The van der Waals surface area contributed by atoms with E-state index in [-0.39, 0.29) is 11.8 Å². The van der Waals surface area contributed by atoms with Crippen LogP contribution in [-0.2, 0) is 4.79 Å². The molecule has 6 nitrogen and oxygen atoms in total. The smallest absolute Gasteiger partial charge is 0.253 e. The van der Waals surface area contributed by atoms with Crippen molar-refractivity contribution < 1.29 is 9.59 Å². The largest absolute Gasteiger partial charge is 0.355 e. The number of amides is 2. The zero-order valence-corrected chi connectivity index (χ0v) is 17.9. The van der Waals surface area contributed by atoms with Gasteiger partial charge < -0.3 is 15.1 Å². The Kier molecular flexibility index (Phi) is 6.92. The Morgan fingerprint density at radius 3 is 2.31 bits per heavy atom. The van der Waals surface area contributed by atoms with Crippen LogP contribution in [0.4, 0.5) is 11.5 Å². The number of pyridine rings is 1. The molecule has 0 saturated carbocycles. The van der Waals surface area contributed by atoms with Crippen molar-refractivity contribution in [3.63, 3.8) is 0 Å². The maximum absolute atomic E-state index is 12.7. The molecule has 0 aliphatic carbocycles. The lowest BCUT2D eigenvalue weighted by Crippen LogP contribution is -2.35. The second-order valence-corrected chi connectivity index (χ2v) is 7.64. The number of rotatable bonds is 5. The lowest BCUT2D eigenvalue weighted by Gasteiger charge is -2.23. The van der Waals surface area contributed by atoms with E-state index in [1.54, 1.807) is 12.3 Å². The summed E-state index contributed by atoms with van der Waals surface area (Å²) in [6, 6.07) is 22.8. The molecule has 0 radical (unpaired) electrons. The third kappa shape index (κ3) is 5.60. The molecule has 3 aromatic rings. The van der Waals surface area contributed by atoms with Crippen LogP contribution in [0.2, 0.25) is 0 Å². The van der Waals surface area contributed by atoms with E-state index in [0.717, 1.165) is 43.0 Å². The van der Waals surface area contributed by atoms with Crippen molar-refractivity contribution in [1.29, 1.82) is 0 Å². The topological polar surface area (TPSA) is 65.5 Å². The van der Waals surface area contributed by atoms with Crippen molar-refractivity contribution >= 4 is 29.4 Å². The fraction of sp³-hybridized carbons (Fsp3) is 0.192. The molecule has 4 rings (SSSR count). The highest BCUT2D eigenvalue weighted by atomic mass is 16.2. The highest BCUT2D eigenvalue weighted by molar-refractivity contribution is 6.01. The molecular weight excluding hydrogens is 400 g/mol. The monoisotopic (exact) mass is 426 g/mol. The minimum absolute atomic E-state index is 0.0713. The van der Waals surface area contributed by atoms with E-state index in [9.17, 15) is 9.59 Å². The summed E-state index contributed by atoms with van der Waals surface area (Å²) in [6.07, 6.45) is 5.83. The number of nitrogens with zero attached hydrogens (tertiary/aromatic N) is 3. The SMILES string of the molecule is O=C(/C=C/c1ccccc1)Nc1ccc(N2CCCN(C(=O)c3ccccc3)CC2)nc1. The number of benzene rings is 2. The predicted molar refractivity (Wildman–Crippen MR) is 128 cm³/mol. The number of carbonyl (C=O) groups excluding carboxylic acids is 2. The molecule has 2 heterocycles. The molecule has 162 valence electrons. The first-order valence-corrected chi connectivity index (χ1v) is 10.8. The quantitative estimate of drug-likeness (QED) is 0.624. The second-order valence-electron chi connectivity index (χ2n) is 7.64. The fourth-order valence-electron chi connectivity index (χ4n) is 3.68. The standard InChI is InChI=1S/C26H26N4O2/c31-25(15-12-21-8-3-1-4-9-21)28-23-13-14-24(27-20-23)29-16-7-17-30(19-18-29)26(32)22-10-5-2-6-11-22/h1-6,8-15,20H,7,16-19H2,(H,28,31)/b15-12+. The zero-order valence-electron chi connectivity index (χ0n) is 17.9. The zero-order chi connectivity index (χ0) is 22.2. The minimum atomic E-state index is -0.201. The number of anilines is 2. The lowest BCUT2D eigenvalue weighted by atomic mass is 10.2. The first-order valence-electron chi connectivity index (χ1n) is 10.8. The molecule has 1 saturated heterocycles. The summed E-state index contributed by atoms with van der Waals surface area (Å²) in [4.78, 5) is 33.5. The van der Waals surface area contributed by atoms with Crippen LogP contribution in [0.3, 0.4) is 0 Å². The van der Waals surface area contributed by atoms with Crippen molar-refractivity contribution in [3.05, 3.63) is 96.2 Å². The summed E-state index contributed by atoms with van der Waals surface area (Å²) in [7, 11) is 0. The van der Waals surface area contributed by atoms with Crippen LogP contribution >= 0.6 is 0 Å². The van der Waals surface area contributed by atoms with Gasteiger partial charge in [0.25, 0.3) is 5.91 Å². The Bertz CT molecular complexity index is 1070. The Labute approximate surface area is 188 Å². The molecule has 0 bridgehead atoms. The first kappa shape index (κ1) is 21.3. The summed E-state index contributed by atoms with van der Waals surface area (Å²) >= 11 is 0. The van der Waals surface area contributed by atoms with Crippen molar-refractivity contribution in [3.8, 4) is 0 Å². The fourth-order valence-corrected chi connectivity index (χ4v) is 3.68. The average molecular weight is 427 g/mol. The number of nitrogens with one attached hydrogen (secondary N) is 1. The van der Waals surface area contributed by atoms with Crippen LogP contribution in [0.1, 0.15) is 22.3 Å². The molecule has 1 aliphatic heterocycles. The van der Waals surface area contributed by atoms with Crippen LogP contribution in [-0.4, -0.2) is 47.9 Å². The highest BCUT2D eigenvalue weighted by Crippen LogP contribution is 2.17. The summed E-state index contributed by atoms with van der Waals surface area (Å²) in [5.41, 5.74) is 2.34. The van der Waals surface area contributed by atoms with Crippen molar-refractivity contribution in [2.45, 2.75) is 6.42 Å². The molecule has 0 atom stereocenters. The number of hydrogen-bond acceptors (Lipinski definition) is 4. The number of carbonyl (C=O) groups is 2. The van der Waals surface area contributed by atoms with Gasteiger partial charge in [-0.2, -0.15) is 0 Å².